The number of pyridine rings is 1. The van der Waals surface area contributed by atoms with Crippen LogP contribution < -0.4 is 11.1 Å². The number of nitrogens with zero attached hydrogens (tertiary/aromatic N) is 3. The Morgan fingerprint density at radius 1 is 1.28 bits per heavy atom. The number of halogens is 3. The number of rotatable bonds is 8. The largest absolute Gasteiger partial charge is 0.417 e. The predicted molar refractivity (Wildman–Crippen MR) is 121 cm³/mol. The minimum Gasteiger partial charge on any atom is -0.399 e. The average Bonchev–Trinajstić information content (AvgIpc) is 3.19. The van der Waals surface area contributed by atoms with Gasteiger partial charge in [0.05, 0.1) is 28.6 Å². The highest BCUT2D eigenvalue weighted by atomic mass is 19.4. The second kappa shape index (κ2) is 9.42. The van der Waals surface area contributed by atoms with Gasteiger partial charge < -0.3 is 11.1 Å². The first-order valence-electron chi connectivity index (χ1n) is 9.96. The van der Waals surface area contributed by atoms with Gasteiger partial charge in [0.25, 0.3) is 5.91 Å². The van der Waals surface area contributed by atoms with Crippen LogP contribution in [-0.4, -0.2) is 33.4 Å². The molecular formula is C23H28F3N5O. The van der Waals surface area contributed by atoms with Gasteiger partial charge >= 0.3 is 6.18 Å². The summed E-state index contributed by atoms with van der Waals surface area (Å²) in [5.41, 5.74) is 5.49. The number of allylic oxidation sites excluding steroid dienone is 1. The molecule has 32 heavy (non-hydrogen) atoms. The highest BCUT2D eigenvalue weighted by Crippen LogP contribution is 2.35. The summed E-state index contributed by atoms with van der Waals surface area (Å²) in [7, 11) is 0. The number of aryl methyl sites for hydroxylation is 1. The highest BCUT2D eigenvalue weighted by molar-refractivity contribution is 5.93. The number of carbonyl (C=O) groups excluding carboxylic acids is 1. The molecule has 0 aliphatic carbocycles. The molecule has 1 amide bonds. The normalized spacial score (nSPS) is 11.8. The summed E-state index contributed by atoms with van der Waals surface area (Å²) >= 11 is 0. The average molecular weight is 448 g/mol. The monoisotopic (exact) mass is 447 g/mol. The molecule has 2 heterocycles. The lowest BCUT2D eigenvalue weighted by atomic mass is 9.97. The first-order chi connectivity index (χ1) is 14.8. The van der Waals surface area contributed by atoms with E-state index in [9.17, 15) is 18.0 Å². The number of aromatic nitrogens is 3. The van der Waals surface area contributed by atoms with Gasteiger partial charge in [0.2, 0.25) is 0 Å². The van der Waals surface area contributed by atoms with Gasteiger partial charge in [-0.15, -0.1) is 0 Å². The van der Waals surface area contributed by atoms with Crippen LogP contribution in [0.2, 0.25) is 0 Å². The maximum Gasteiger partial charge on any atom is 0.417 e. The third-order valence-corrected chi connectivity index (χ3v) is 4.72. The number of nitrogens with two attached hydrogens (primary N) is 1. The summed E-state index contributed by atoms with van der Waals surface area (Å²) < 4.78 is 41.5. The standard InChI is InChI=1S/C23H28F3N5O/c1-7-18-19(15(3)27)11-17(30-20(18)14(2)23(24,25)26)9-8-10-28-21(32)16-12-29-31(13-16)22(4,5)6/h7,11-13H,1-3,8-10,27H2,4-6H3,(H,28,32). The molecule has 0 atom stereocenters. The Bertz CT molecular complexity index is 1040. The molecule has 3 N–H and O–H groups in total. The zero-order valence-corrected chi connectivity index (χ0v) is 18.5. The van der Waals surface area contributed by atoms with Gasteiger partial charge in [-0.3, -0.25) is 14.5 Å². The first-order valence-corrected chi connectivity index (χ1v) is 9.96. The Kier molecular flexibility index (Phi) is 7.33. The van der Waals surface area contributed by atoms with Crippen LogP contribution in [0.4, 0.5) is 13.2 Å². The zero-order chi connectivity index (χ0) is 24.3. The van der Waals surface area contributed by atoms with E-state index in [-0.39, 0.29) is 28.4 Å². The number of carbonyl (C=O) groups is 1. The van der Waals surface area contributed by atoms with E-state index >= 15 is 0 Å². The topological polar surface area (TPSA) is 85.8 Å². The van der Waals surface area contributed by atoms with E-state index in [0.717, 1.165) is 0 Å². The maximum absolute atomic E-state index is 13.3. The lowest BCUT2D eigenvalue weighted by Crippen LogP contribution is -2.25. The molecule has 6 nitrogen and oxygen atoms in total. The zero-order valence-electron chi connectivity index (χ0n) is 18.5. The van der Waals surface area contributed by atoms with Crippen LogP contribution in [0.3, 0.4) is 0 Å². The molecule has 172 valence electrons. The van der Waals surface area contributed by atoms with Gasteiger partial charge in [-0.05, 0) is 39.7 Å². The molecule has 0 spiro atoms. The van der Waals surface area contributed by atoms with Crippen molar-refractivity contribution in [2.24, 2.45) is 5.73 Å². The summed E-state index contributed by atoms with van der Waals surface area (Å²) in [6.45, 7) is 16.6. The van der Waals surface area contributed by atoms with Crippen LogP contribution in [-0.2, 0) is 12.0 Å². The molecule has 9 heteroatoms. The minimum atomic E-state index is -4.65. The molecule has 0 fully saturated rings. The number of nitrogens with one attached hydrogen (secondary N) is 1. The Morgan fingerprint density at radius 2 is 1.94 bits per heavy atom. The van der Waals surface area contributed by atoms with Crippen molar-refractivity contribution in [3.8, 4) is 0 Å². The molecule has 2 rings (SSSR count). The fraction of sp³-hybridized carbons (Fsp3) is 0.348. The SMILES string of the molecule is C=Cc1c(C(=C)N)cc(CCCNC(=O)c2cnn(C(C)(C)C)c2)nc1C(=C)C(F)(F)F. The van der Waals surface area contributed by atoms with E-state index in [1.54, 1.807) is 16.9 Å². The number of amides is 1. The van der Waals surface area contributed by atoms with Crippen LogP contribution in [0.25, 0.3) is 17.3 Å². The van der Waals surface area contributed by atoms with Gasteiger partial charge in [-0.2, -0.15) is 18.3 Å². The van der Waals surface area contributed by atoms with Crippen molar-refractivity contribution in [3.63, 3.8) is 0 Å². The second-order valence-corrected chi connectivity index (χ2v) is 8.33. The van der Waals surface area contributed by atoms with Crippen molar-refractivity contribution in [2.45, 2.75) is 45.3 Å². The molecule has 0 aliphatic rings. The summed E-state index contributed by atoms with van der Waals surface area (Å²) in [4.78, 5) is 16.5. The lowest BCUT2D eigenvalue weighted by molar-refractivity contribution is -0.0689. The Morgan fingerprint density at radius 3 is 2.44 bits per heavy atom. The smallest absolute Gasteiger partial charge is 0.399 e. The van der Waals surface area contributed by atoms with Crippen LogP contribution in [0, 0.1) is 0 Å². The van der Waals surface area contributed by atoms with Gasteiger partial charge in [0.15, 0.2) is 0 Å². The molecule has 0 saturated carbocycles. The number of alkyl halides is 3. The third kappa shape index (κ3) is 5.87. The summed E-state index contributed by atoms with van der Waals surface area (Å²) in [5.74, 6) is -0.280. The Balaban J connectivity index is 2.12. The molecule has 0 saturated heterocycles. The van der Waals surface area contributed by atoms with Crippen molar-refractivity contribution in [1.29, 1.82) is 0 Å². The van der Waals surface area contributed by atoms with Gasteiger partial charge in [-0.1, -0.05) is 25.8 Å². The fourth-order valence-electron chi connectivity index (χ4n) is 2.95. The highest BCUT2D eigenvalue weighted by Gasteiger charge is 2.35. The van der Waals surface area contributed by atoms with Crippen molar-refractivity contribution in [1.82, 2.24) is 20.1 Å². The summed E-state index contributed by atoms with van der Waals surface area (Å²) in [5, 5.41) is 6.97. The first kappa shape index (κ1) is 24.9. The number of hydrogen-bond donors (Lipinski definition) is 2. The van der Waals surface area contributed by atoms with Crippen molar-refractivity contribution < 1.29 is 18.0 Å². The molecule has 2 aromatic heterocycles. The van der Waals surface area contributed by atoms with E-state index < -0.39 is 11.7 Å². The Hall–Kier alpha value is -3.36. The van der Waals surface area contributed by atoms with Crippen LogP contribution >= 0.6 is 0 Å². The predicted octanol–water partition coefficient (Wildman–Crippen LogP) is 4.54. The van der Waals surface area contributed by atoms with Crippen LogP contribution in [0.15, 0.2) is 38.2 Å². The minimum absolute atomic E-state index is 0.101. The van der Waals surface area contributed by atoms with Crippen molar-refractivity contribution >= 4 is 23.3 Å². The van der Waals surface area contributed by atoms with E-state index in [4.69, 9.17) is 5.73 Å². The third-order valence-electron chi connectivity index (χ3n) is 4.72. The maximum atomic E-state index is 13.3. The molecule has 2 aromatic rings. The number of hydrogen-bond acceptors (Lipinski definition) is 4. The quantitative estimate of drug-likeness (QED) is 0.582. The molecule has 0 aromatic carbocycles. The van der Waals surface area contributed by atoms with E-state index in [1.807, 2.05) is 20.8 Å². The van der Waals surface area contributed by atoms with E-state index in [2.05, 4.69) is 35.1 Å². The van der Waals surface area contributed by atoms with E-state index in [0.29, 0.717) is 36.2 Å². The molecule has 0 radical (unpaired) electrons. The van der Waals surface area contributed by atoms with Crippen LogP contribution in [0.1, 0.15) is 60.1 Å². The molecule has 0 unspecified atom stereocenters. The molecule has 0 aliphatic heterocycles. The van der Waals surface area contributed by atoms with Crippen molar-refractivity contribution in [2.75, 3.05) is 6.54 Å². The Labute approximate surface area is 185 Å². The second-order valence-electron chi connectivity index (χ2n) is 8.33. The fourth-order valence-corrected chi connectivity index (χ4v) is 2.95. The van der Waals surface area contributed by atoms with Gasteiger partial charge in [0, 0.05) is 35.3 Å². The summed E-state index contributed by atoms with van der Waals surface area (Å²) in [6, 6.07) is 1.59. The van der Waals surface area contributed by atoms with Gasteiger partial charge in [0.1, 0.15) is 0 Å². The lowest BCUT2D eigenvalue weighted by Gasteiger charge is -2.18. The summed E-state index contributed by atoms with van der Waals surface area (Å²) in [6.07, 6.45) is 0.533. The molecular weight excluding hydrogens is 419 g/mol. The molecule has 0 bridgehead atoms. The van der Waals surface area contributed by atoms with Crippen LogP contribution in [0.5, 0.6) is 0 Å². The van der Waals surface area contributed by atoms with Gasteiger partial charge in [-0.25, -0.2) is 0 Å². The van der Waals surface area contributed by atoms with E-state index in [1.165, 1.54) is 12.3 Å². The van der Waals surface area contributed by atoms with Crippen molar-refractivity contribution in [3.05, 3.63) is 66.3 Å².